The Morgan fingerprint density at radius 3 is 2.67 bits per heavy atom. The van der Waals surface area contributed by atoms with E-state index in [1.807, 2.05) is 60.7 Å². The number of aromatic nitrogens is 3. The van der Waals surface area contributed by atoms with Crippen LogP contribution in [0, 0.1) is 0 Å². The molecule has 0 saturated heterocycles. The fourth-order valence-corrected chi connectivity index (χ4v) is 3.84. The van der Waals surface area contributed by atoms with E-state index in [-0.39, 0.29) is 5.56 Å². The van der Waals surface area contributed by atoms with Gasteiger partial charge >= 0.3 is 0 Å². The van der Waals surface area contributed by atoms with E-state index in [1.165, 1.54) is 11.8 Å². The second kappa shape index (κ2) is 7.80. The molecule has 0 aliphatic rings. The zero-order chi connectivity index (χ0) is 18.6. The second-order valence-electron chi connectivity index (χ2n) is 6.20. The number of hydrogen-bond acceptors (Lipinski definition) is 5. The van der Waals surface area contributed by atoms with Crippen molar-refractivity contribution in [1.29, 1.82) is 0 Å². The van der Waals surface area contributed by atoms with Crippen molar-refractivity contribution in [2.75, 3.05) is 0 Å². The molecule has 0 saturated carbocycles. The van der Waals surface area contributed by atoms with Crippen molar-refractivity contribution in [2.24, 2.45) is 0 Å². The highest BCUT2D eigenvalue weighted by Crippen LogP contribution is 2.25. The molecule has 5 nitrogen and oxygen atoms in total. The zero-order valence-electron chi connectivity index (χ0n) is 15.0. The highest BCUT2D eigenvalue weighted by molar-refractivity contribution is 7.98. The van der Waals surface area contributed by atoms with Gasteiger partial charge in [-0.05, 0) is 18.6 Å². The van der Waals surface area contributed by atoms with Crippen molar-refractivity contribution in [3.63, 3.8) is 0 Å². The molecular formula is C21H19N3O2S. The maximum absolute atomic E-state index is 12.8. The van der Waals surface area contributed by atoms with Crippen molar-refractivity contribution in [2.45, 2.75) is 30.8 Å². The molecule has 0 aliphatic carbocycles. The summed E-state index contributed by atoms with van der Waals surface area (Å²) in [5.74, 6) is 1.32. The quantitative estimate of drug-likeness (QED) is 0.358. The molecule has 2 aromatic heterocycles. The highest BCUT2D eigenvalue weighted by Gasteiger charge is 2.13. The highest BCUT2D eigenvalue weighted by atomic mass is 32.2. The Labute approximate surface area is 161 Å². The van der Waals surface area contributed by atoms with Gasteiger partial charge in [-0.2, -0.15) is 0 Å². The largest absolute Gasteiger partial charge is 0.360 e. The number of para-hydroxylation sites is 1. The number of thioether (sulfide) groups is 1. The third-order valence-electron chi connectivity index (χ3n) is 4.25. The van der Waals surface area contributed by atoms with E-state index in [1.54, 1.807) is 4.57 Å². The average molecular weight is 377 g/mol. The van der Waals surface area contributed by atoms with E-state index in [2.05, 4.69) is 12.1 Å². The smallest absolute Gasteiger partial charge is 0.262 e. The Kier molecular flexibility index (Phi) is 5.07. The Hall–Kier alpha value is -2.86. The minimum atomic E-state index is 0.00694. The van der Waals surface area contributed by atoms with E-state index in [0.717, 1.165) is 29.0 Å². The van der Waals surface area contributed by atoms with Crippen LogP contribution >= 0.6 is 11.8 Å². The van der Waals surface area contributed by atoms with Gasteiger partial charge in [0.1, 0.15) is 11.5 Å². The molecule has 0 bridgehead atoms. The van der Waals surface area contributed by atoms with Gasteiger partial charge in [0.05, 0.1) is 16.7 Å². The predicted octanol–water partition coefficient (Wildman–Crippen LogP) is 4.75. The van der Waals surface area contributed by atoms with Gasteiger partial charge in [0.15, 0.2) is 5.16 Å². The summed E-state index contributed by atoms with van der Waals surface area (Å²) in [5, 5.41) is 5.51. The lowest BCUT2D eigenvalue weighted by molar-refractivity contribution is 0.397. The molecule has 4 rings (SSSR count). The minimum Gasteiger partial charge on any atom is -0.360 e. The summed E-state index contributed by atoms with van der Waals surface area (Å²) in [6.45, 7) is 2.70. The molecule has 0 aliphatic heterocycles. The topological polar surface area (TPSA) is 60.9 Å². The Morgan fingerprint density at radius 1 is 1.07 bits per heavy atom. The van der Waals surface area contributed by atoms with Crippen molar-refractivity contribution in [3.05, 3.63) is 76.8 Å². The maximum Gasteiger partial charge on any atom is 0.262 e. The summed E-state index contributed by atoms with van der Waals surface area (Å²) in [4.78, 5) is 17.5. The lowest BCUT2D eigenvalue weighted by Crippen LogP contribution is -2.23. The molecule has 136 valence electrons. The molecule has 0 unspecified atom stereocenters. The van der Waals surface area contributed by atoms with Gasteiger partial charge in [0.2, 0.25) is 0 Å². The monoisotopic (exact) mass is 377 g/mol. The second-order valence-corrected chi connectivity index (χ2v) is 7.14. The molecule has 4 aromatic rings. The van der Waals surface area contributed by atoms with Crippen LogP contribution in [0.2, 0.25) is 0 Å². The maximum atomic E-state index is 12.8. The van der Waals surface area contributed by atoms with E-state index in [4.69, 9.17) is 9.51 Å². The van der Waals surface area contributed by atoms with Crippen LogP contribution in [0.15, 0.2) is 75.1 Å². The molecular weight excluding hydrogens is 358 g/mol. The van der Waals surface area contributed by atoms with Crippen LogP contribution in [-0.4, -0.2) is 14.7 Å². The van der Waals surface area contributed by atoms with Crippen LogP contribution < -0.4 is 5.56 Å². The lowest BCUT2D eigenvalue weighted by Gasteiger charge is -2.11. The molecule has 0 radical (unpaired) electrons. The molecule has 0 fully saturated rings. The summed E-state index contributed by atoms with van der Waals surface area (Å²) >= 11 is 1.50. The van der Waals surface area contributed by atoms with Crippen LogP contribution in [0.4, 0.5) is 0 Å². The van der Waals surface area contributed by atoms with Crippen molar-refractivity contribution in [3.8, 4) is 11.3 Å². The number of fused-ring (bicyclic) bond motifs is 1. The van der Waals surface area contributed by atoms with Crippen molar-refractivity contribution >= 4 is 22.7 Å². The fraction of sp³-hybridized carbons (Fsp3) is 0.190. The Bertz CT molecular complexity index is 1120. The normalized spacial score (nSPS) is 11.1. The molecule has 2 heterocycles. The summed E-state index contributed by atoms with van der Waals surface area (Å²) in [6.07, 6.45) is 0.869. The van der Waals surface area contributed by atoms with Crippen molar-refractivity contribution < 1.29 is 4.52 Å². The molecule has 0 amide bonds. The predicted molar refractivity (Wildman–Crippen MR) is 108 cm³/mol. The summed E-state index contributed by atoms with van der Waals surface area (Å²) < 4.78 is 7.22. The van der Waals surface area contributed by atoms with Crippen LogP contribution in [0.25, 0.3) is 22.2 Å². The summed E-state index contributed by atoms with van der Waals surface area (Å²) in [6, 6.07) is 19.3. The first kappa shape index (κ1) is 17.5. The summed E-state index contributed by atoms with van der Waals surface area (Å²) in [5.41, 5.74) is 2.56. The third-order valence-corrected chi connectivity index (χ3v) is 5.24. The number of rotatable bonds is 6. The first-order valence-electron chi connectivity index (χ1n) is 8.89. The van der Waals surface area contributed by atoms with Gasteiger partial charge in [-0.25, -0.2) is 4.98 Å². The first-order chi connectivity index (χ1) is 13.3. The molecule has 27 heavy (non-hydrogen) atoms. The van der Waals surface area contributed by atoms with Gasteiger partial charge in [0.25, 0.3) is 5.56 Å². The molecule has 0 N–H and O–H groups in total. The average Bonchev–Trinajstić information content (AvgIpc) is 3.19. The van der Waals surface area contributed by atoms with Gasteiger partial charge in [-0.15, -0.1) is 0 Å². The molecule has 2 aromatic carbocycles. The van der Waals surface area contributed by atoms with Gasteiger partial charge in [-0.1, -0.05) is 66.3 Å². The number of hydrogen-bond donors (Lipinski definition) is 0. The lowest BCUT2D eigenvalue weighted by atomic mass is 10.1. The van der Waals surface area contributed by atoms with Crippen LogP contribution in [0.5, 0.6) is 0 Å². The van der Waals surface area contributed by atoms with Crippen molar-refractivity contribution in [1.82, 2.24) is 14.7 Å². The SMILES string of the molecule is CCCn1c(SCc2cc(-c3ccccc3)no2)nc2ccccc2c1=O. The summed E-state index contributed by atoms with van der Waals surface area (Å²) in [7, 11) is 0. The van der Waals surface area contributed by atoms with E-state index in [0.29, 0.717) is 22.8 Å². The van der Waals surface area contributed by atoms with E-state index < -0.39 is 0 Å². The molecule has 6 heteroatoms. The molecule has 0 atom stereocenters. The van der Waals surface area contributed by atoms with Gasteiger partial charge in [0, 0.05) is 18.2 Å². The standard InChI is InChI=1S/C21H19N3O2S/c1-2-12-24-20(25)17-10-6-7-11-18(17)22-21(24)27-14-16-13-19(23-26-16)15-8-4-3-5-9-15/h3-11,13H,2,12,14H2,1H3. The van der Waals surface area contributed by atoms with Crippen LogP contribution in [0.1, 0.15) is 19.1 Å². The number of nitrogens with zero attached hydrogens (tertiary/aromatic N) is 3. The first-order valence-corrected chi connectivity index (χ1v) is 9.88. The minimum absolute atomic E-state index is 0.00694. The van der Waals surface area contributed by atoms with Gasteiger partial charge in [-0.3, -0.25) is 9.36 Å². The molecule has 0 spiro atoms. The van der Waals surface area contributed by atoms with Gasteiger partial charge < -0.3 is 4.52 Å². The Balaban J connectivity index is 1.61. The third kappa shape index (κ3) is 3.66. The zero-order valence-corrected chi connectivity index (χ0v) is 15.8. The van der Waals surface area contributed by atoms with E-state index in [9.17, 15) is 4.79 Å². The van der Waals surface area contributed by atoms with E-state index >= 15 is 0 Å². The fourth-order valence-electron chi connectivity index (χ4n) is 2.94. The van der Waals surface area contributed by atoms with Crippen LogP contribution in [0.3, 0.4) is 0 Å². The van der Waals surface area contributed by atoms with Crippen LogP contribution in [-0.2, 0) is 12.3 Å². The Morgan fingerprint density at radius 2 is 1.85 bits per heavy atom. The number of benzene rings is 2.